The molecule has 182 valence electrons. The van der Waals surface area contributed by atoms with Crippen molar-refractivity contribution in [1.82, 2.24) is 35.4 Å². The highest BCUT2D eigenvalue weighted by molar-refractivity contribution is 8.01. The van der Waals surface area contributed by atoms with Gasteiger partial charge in [0.15, 0.2) is 17.5 Å². The molecule has 0 aliphatic carbocycles. The smallest absolute Gasteiger partial charge is 0.352 e. The lowest BCUT2D eigenvalue weighted by atomic mass is 10.0. The number of terminal acetylenes is 1. The number of thioether (sulfide) groups is 2. The molecule has 0 spiro atoms. The van der Waals surface area contributed by atoms with E-state index in [0.717, 1.165) is 11.3 Å². The molecule has 17 heteroatoms. The Bertz CT molecular complexity index is 1280. The molecule has 0 bridgehead atoms. The van der Waals surface area contributed by atoms with Gasteiger partial charge in [-0.25, -0.2) is 14.5 Å². The minimum absolute atomic E-state index is 0.106. The van der Waals surface area contributed by atoms with Crippen LogP contribution in [0.5, 0.6) is 0 Å². The monoisotopic (exact) mass is 535 g/mol. The molecule has 2 aliphatic rings. The lowest BCUT2D eigenvalue weighted by Gasteiger charge is -2.49. The maximum absolute atomic E-state index is 12.9. The number of fused-ring (bicyclic) bond motifs is 1. The predicted molar refractivity (Wildman–Crippen MR) is 127 cm³/mol. The lowest BCUT2D eigenvalue weighted by molar-refractivity contribution is -0.150. The molecule has 14 nitrogen and oxygen atoms in total. The Morgan fingerprint density at radius 2 is 2.31 bits per heavy atom. The molecule has 0 radical (unpaired) electrons. The third-order valence-electron chi connectivity index (χ3n) is 4.78. The highest BCUT2D eigenvalue weighted by Crippen LogP contribution is 2.41. The molecule has 2 amide bonds. The van der Waals surface area contributed by atoms with Gasteiger partial charge in [-0.05, 0) is 16.0 Å². The molecule has 0 aromatic carbocycles. The summed E-state index contributed by atoms with van der Waals surface area (Å²) in [7, 11) is 1.67. The van der Waals surface area contributed by atoms with Crippen molar-refractivity contribution < 1.29 is 24.3 Å². The number of carbonyl (C=O) groups excluding carboxylic acids is 2. The zero-order valence-corrected chi connectivity index (χ0v) is 20.4. The van der Waals surface area contributed by atoms with E-state index in [0.29, 0.717) is 16.5 Å². The standard InChI is InChI=1S/C18H17N9O5S3/c1-3-4-32-23-10(9-7-34-17(19)20-9)13(28)21-11-14(29)27-12(16(30)31)8(5-33-15(11)27)6-35-18-22-24-25-26(18)2/h1,7,11,15H,4-6H2,2H3,(H2,19,20)(H,21,28)(H,30,31)/b23-10+/t11?,15-/m1/s1. The van der Waals surface area contributed by atoms with Gasteiger partial charge in [0.05, 0.1) is 0 Å². The fourth-order valence-electron chi connectivity index (χ4n) is 3.23. The van der Waals surface area contributed by atoms with Crippen LogP contribution in [0, 0.1) is 12.3 Å². The molecule has 2 aromatic heterocycles. The maximum Gasteiger partial charge on any atom is 0.352 e. The molecule has 1 fully saturated rings. The number of oxime groups is 1. The molecule has 4 N–H and O–H groups in total. The lowest BCUT2D eigenvalue weighted by Crippen LogP contribution is -2.71. The second-order valence-electron chi connectivity index (χ2n) is 6.98. The van der Waals surface area contributed by atoms with Gasteiger partial charge in [-0.1, -0.05) is 22.8 Å². The number of nitrogen functional groups attached to an aromatic ring is 1. The number of hydrogen-bond acceptors (Lipinski definition) is 13. The van der Waals surface area contributed by atoms with Crippen LogP contribution in [0.15, 0.2) is 27.0 Å². The first-order valence-corrected chi connectivity index (χ1v) is 12.6. The number of rotatable bonds is 9. The third kappa shape index (κ3) is 4.94. The molecule has 4 rings (SSSR count). The number of β-lactam (4-membered cyclic amide) rings is 1. The fourth-order valence-corrected chi connectivity index (χ4v) is 6.12. The highest BCUT2D eigenvalue weighted by Gasteiger charge is 2.54. The number of thiazole rings is 1. The summed E-state index contributed by atoms with van der Waals surface area (Å²) in [5, 5.41) is 28.9. The van der Waals surface area contributed by atoms with Gasteiger partial charge >= 0.3 is 5.97 Å². The molecular weight excluding hydrogens is 518 g/mol. The molecule has 35 heavy (non-hydrogen) atoms. The van der Waals surface area contributed by atoms with E-state index in [2.05, 4.69) is 36.9 Å². The van der Waals surface area contributed by atoms with Crippen LogP contribution in [0.25, 0.3) is 0 Å². The van der Waals surface area contributed by atoms with E-state index in [1.807, 2.05) is 0 Å². The van der Waals surface area contributed by atoms with Crippen LogP contribution in [0.1, 0.15) is 5.69 Å². The van der Waals surface area contributed by atoms with Crippen LogP contribution in [-0.4, -0.2) is 88.2 Å². The van der Waals surface area contributed by atoms with Crippen molar-refractivity contribution in [3.8, 4) is 12.3 Å². The number of nitrogens with zero attached hydrogens (tertiary/aromatic N) is 7. The van der Waals surface area contributed by atoms with Crippen molar-refractivity contribution in [2.24, 2.45) is 12.2 Å². The van der Waals surface area contributed by atoms with Gasteiger partial charge in [0, 0.05) is 23.9 Å². The number of aliphatic carboxylic acids is 1. The van der Waals surface area contributed by atoms with E-state index in [1.165, 1.54) is 38.5 Å². The van der Waals surface area contributed by atoms with Crippen LogP contribution >= 0.6 is 34.9 Å². The summed E-state index contributed by atoms with van der Waals surface area (Å²) in [5.74, 6) is 0.326. The molecule has 1 unspecified atom stereocenters. The summed E-state index contributed by atoms with van der Waals surface area (Å²) in [4.78, 5) is 48.0. The predicted octanol–water partition coefficient (Wildman–Crippen LogP) is -0.866. The molecule has 2 aromatic rings. The second-order valence-corrected chi connectivity index (χ2v) is 9.92. The van der Waals surface area contributed by atoms with Crippen LogP contribution in [-0.2, 0) is 26.3 Å². The SMILES string of the molecule is C#CCO/N=C(/C(=O)NC1C(=O)N2C(C(=O)O)=C(CSc3nnnn3C)CS[C@H]12)c1csc(N)n1. The largest absolute Gasteiger partial charge is 0.477 e. The Morgan fingerprint density at radius 3 is 2.94 bits per heavy atom. The van der Waals surface area contributed by atoms with Crippen molar-refractivity contribution in [1.29, 1.82) is 0 Å². The normalized spacial score (nSPS) is 19.6. The van der Waals surface area contributed by atoms with E-state index in [-0.39, 0.29) is 34.6 Å². The van der Waals surface area contributed by atoms with Crippen LogP contribution in [0.3, 0.4) is 0 Å². The number of amides is 2. The van der Waals surface area contributed by atoms with Crippen molar-refractivity contribution in [2.75, 3.05) is 23.8 Å². The van der Waals surface area contributed by atoms with Gasteiger partial charge in [0.2, 0.25) is 5.16 Å². The minimum Gasteiger partial charge on any atom is -0.477 e. The van der Waals surface area contributed by atoms with Crippen LogP contribution < -0.4 is 11.1 Å². The summed E-state index contributed by atoms with van der Waals surface area (Å²) in [6.07, 6.45) is 5.15. The number of carboxylic acid groups (broad SMARTS) is 1. The fraction of sp³-hybridized carbons (Fsp3) is 0.333. The van der Waals surface area contributed by atoms with Gasteiger partial charge in [-0.2, -0.15) is 0 Å². The molecule has 0 saturated carbocycles. The first kappa shape index (κ1) is 24.5. The minimum atomic E-state index is -1.23. The Morgan fingerprint density at radius 1 is 1.51 bits per heavy atom. The summed E-state index contributed by atoms with van der Waals surface area (Å²) in [6, 6.07) is -0.965. The molecule has 4 heterocycles. The van der Waals surface area contributed by atoms with Gasteiger partial charge in [-0.3, -0.25) is 14.5 Å². The number of aryl methyl sites for hydroxylation is 1. The van der Waals surface area contributed by atoms with E-state index in [4.69, 9.17) is 17.0 Å². The Kier molecular flexibility index (Phi) is 7.23. The molecule has 1 saturated heterocycles. The van der Waals surface area contributed by atoms with Crippen molar-refractivity contribution in [3.05, 3.63) is 22.3 Å². The average molecular weight is 536 g/mol. The Balaban J connectivity index is 1.49. The second kappa shape index (κ2) is 10.3. The van der Waals surface area contributed by atoms with Gasteiger partial charge in [0.25, 0.3) is 11.8 Å². The number of tetrazole rings is 1. The summed E-state index contributed by atoms with van der Waals surface area (Å²) in [5.41, 5.74) is 6.04. The molecule has 2 atom stereocenters. The highest BCUT2D eigenvalue weighted by atomic mass is 32.2. The van der Waals surface area contributed by atoms with E-state index < -0.39 is 29.2 Å². The topological polar surface area (TPSA) is 191 Å². The Labute approximate surface area is 210 Å². The first-order chi connectivity index (χ1) is 16.8. The van der Waals surface area contributed by atoms with E-state index in [1.54, 1.807) is 7.05 Å². The summed E-state index contributed by atoms with van der Waals surface area (Å²) >= 11 is 3.69. The van der Waals surface area contributed by atoms with E-state index >= 15 is 0 Å². The third-order valence-corrected chi connectivity index (χ3v) is 7.89. The maximum atomic E-state index is 12.9. The summed E-state index contributed by atoms with van der Waals surface area (Å²) < 4.78 is 1.47. The van der Waals surface area contributed by atoms with Gasteiger partial charge in [-0.15, -0.1) is 34.6 Å². The molecule has 2 aliphatic heterocycles. The number of anilines is 1. The van der Waals surface area contributed by atoms with Gasteiger partial charge < -0.3 is 21.0 Å². The van der Waals surface area contributed by atoms with Gasteiger partial charge in [0.1, 0.15) is 22.8 Å². The quantitative estimate of drug-likeness (QED) is 0.0900. The van der Waals surface area contributed by atoms with Crippen molar-refractivity contribution in [3.63, 3.8) is 0 Å². The van der Waals surface area contributed by atoms with Crippen LogP contribution in [0.2, 0.25) is 0 Å². The zero-order valence-electron chi connectivity index (χ0n) is 17.9. The molecular formula is C18H17N9O5S3. The van der Waals surface area contributed by atoms with Crippen molar-refractivity contribution in [2.45, 2.75) is 16.6 Å². The number of hydrogen-bond donors (Lipinski definition) is 3. The Hall–Kier alpha value is -3.62. The van der Waals surface area contributed by atoms with Crippen LogP contribution in [0.4, 0.5) is 5.13 Å². The zero-order chi connectivity index (χ0) is 25.1. The summed E-state index contributed by atoms with van der Waals surface area (Å²) in [6.45, 7) is -0.178. The number of aromatic nitrogens is 5. The average Bonchev–Trinajstić information content (AvgIpc) is 3.45. The number of nitrogens with one attached hydrogen (secondary N) is 1. The number of carbonyl (C=O) groups is 3. The van der Waals surface area contributed by atoms with Crippen molar-refractivity contribution >= 4 is 63.5 Å². The number of nitrogens with two attached hydrogens (primary N) is 1. The first-order valence-electron chi connectivity index (χ1n) is 9.72. The van der Waals surface area contributed by atoms with E-state index in [9.17, 15) is 19.5 Å². The number of carboxylic acids is 1.